The predicted molar refractivity (Wildman–Crippen MR) is 147 cm³/mol. The number of benzene rings is 2. The van der Waals surface area contributed by atoms with E-state index >= 15 is 0 Å². The van der Waals surface area contributed by atoms with E-state index < -0.39 is 0 Å². The van der Waals surface area contributed by atoms with Crippen molar-refractivity contribution in [2.24, 2.45) is 10.9 Å². The van der Waals surface area contributed by atoms with Crippen molar-refractivity contribution in [1.82, 2.24) is 15.5 Å². The molecule has 1 fully saturated rings. The van der Waals surface area contributed by atoms with Crippen LogP contribution in [0.3, 0.4) is 0 Å². The third-order valence-corrected chi connectivity index (χ3v) is 8.60. The van der Waals surface area contributed by atoms with Crippen molar-refractivity contribution >= 4 is 45.2 Å². The molecule has 1 aromatic heterocycles. The van der Waals surface area contributed by atoms with E-state index in [9.17, 15) is 9.59 Å². The summed E-state index contributed by atoms with van der Waals surface area (Å²) in [5.41, 5.74) is 1.95. The molecule has 9 heteroatoms. The number of rotatable bonds is 8. The van der Waals surface area contributed by atoms with Gasteiger partial charge in [0.25, 0.3) is 0 Å². The van der Waals surface area contributed by atoms with E-state index in [1.165, 1.54) is 11.3 Å². The Morgan fingerprint density at radius 2 is 1.64 bits per heavy atom. The highest BCUT2D eigenvalue weighted by Crippen LogP contribution is 2.43. The van der Waals surface area contributed by atoms with Crippen LogP contribution in [0.25, 0.3) is 0 Å². The molecule has 3 atom stereocenters. The summed E-state index contributed by atoms with van der Waals surface area (Å²) in [6, 6.07) is 19.4. The second kappa shape index (κ2) is 12.8. The van der Waals surface area contributed by atoms with Crippen molar-refractivity contribution in [2.75, 3.05) is 12.4 Å². The first-order valence-electron chi connectivity index (χ1n) is 12.1. The molecular weight excluding hydrogens is 490 g/mol. The number of aliphatic imine (C=N–C) groups is 1. The van der Waals surface area contributed by atoms with Crippen LogP contribution in [-0.4, -0.2) is 39.5 Å². The van der Waals surface area contributed by atoms with Crippen molar-refractivity contribution in [1.29, 1.82) is 0 Å². The van der Waals surface area contributed by atoms with Crippen LogP contribution in [-0.2, 0) is 22.4 Å². The van der Waals surface area contributed by atoms with Crippen molar-refractivity contribution < 1.29 is 9.59 Å². The van der Waals surface area contributed by atoms with Gasteiger partial charge in [0.2, 0.25) is 16.9 Å². The molecule has 188 valence electrons. The Kier molecular flexibility index (Phi) is 9.24. The van der Waals surface area contributed by atoms with Gasteiger partial charge in [0.15, 0.2) is 5.17 Å². The molecule has 1 saturated carbocycles. The first-order valence-corrected chi connectivity index (χ1v) is 13.8. The molecule has 0 aliphatic heterocycles. The number of hydrogen-bond donors (Lipinski definition) is 2. The van der Waals surface area contributed by atoms with Gasteiger partial charge < -0.3 is 10.6 Å². The normalized spacial score (nSPS) is 18.6. The van der Waals surface area contributed by atoms with Crippen molar-refractivity contribution in [3.8, 4) is 0 Å². The van der Waals surface area contributed by atoms with Crippen LogP contribution >= 0.6 is 23.1 Å². The molecule has 2 N–H and O–H groups in total. The number of hydrogen-bond acceptors (Lipinski definition) is 7. The third kappa shape index (κ3) is 7.48. The van der Waals surface area contributed by atoms with Gasteiger partial charge in [-0.25, -0.2) is 0 Å². The summed E-state index contributed by atoms with van der Waals surface area (Å²) in [7, 11) is 1.71. The fourth-order valence-corrected chi connectivity index (χ4v) is 6.39. The minimum absolute atomic E-state index is 0.0542. The largest absolute Gasteiger partial charge is 0.305 e. The van der Waals surface area contributed by atoms with Crippen molar-refractivity contribution in [3.05, 3.63) is 76.8 Å². The maximum Gasteiger partial charge on any atom is 0.230 e. The fraction of sp³-hybridized carbons (Fsp3) is 0.370. The number of carbonyl (C=O) groups is 2. The van der Waals surface area contributed by atoms with E-state index in [1.807, 2.05) is 60.7 Å². The highest BCUT2D eigenvalue weighted by Gasteiger charge is 2.32. The zero-order valence-electron chi connectivity index (χ0n) is 20.5. The maximum absolute atomic E-state index is 12.5. The number of nitrogens with one attached hydrogen (secondary N) is 2. The van der Waals surface area contributed by atoms with Crippen molar-refractivity contribution in [3.63, 3.8) is 0 Å². The summed E-state index contributed by atoms with van der Waals surface area (Å²) in [4.78, 5) is 29.1. The van der Waals surface area contributed by atoms with E-state index in [0.29, 0.717) is 40.2 Å². The third-order valence-electron chi connectivity index (χ3n) is 6.34. The maximum atomic E-state index is 12.5. The molecule has 1 aliphatic carbocycles. The molecule has 0 spiro atoms. The lowest BCUT2D eigenvalue weighted by Crippen LogP contribution is -2.31. The van der Waals surface area contributed by atoms with Gasteiger partial charge in [0.05, 0.1) is 12.8 Å². The van der Waals surface area contributed by atoms with Gasteiger partial charge in [0.1, 0.15) is 5.01 Å². The number of thioether (sulfide) groups is 1. The summed E-state index contributed by atoms with van der Waals surface area (Å²) >= 11 is 3.09. The number of carbonyl (C=O) groups excluding carboxylic acids is 2. The van der Waals surface area contributed by atoms with Crippen molar-refractivity contribution in [2.45, 2.75) is 50.2 Å². The van der Waals surface area contributed by atoms with E-state index in [1.54, 1.807) is 18.8 Å². The number of anilines is 1. The van der Waals surface area contributed by atoms with Gasteiger partial charge in [-0.05, 0) is 36.3 Å². The molecule has 3 unspecified atom stereocenters. The van der Waals surface area contributed by atoms with Crippen LogP contribution in [0.2, 0.25) is 0 Å². The second-order valence-electron chi connectivity index (χ2n) is 8.99. The molecule has 1 heterocycles. The van der Waals surface area contributed by atoms with Gasteiger partial charge >= 0.3 is 0 Å². The van der Waals surface area contributed by atoms with Crippen LogP contribution < -0.4 is 10.6 Å². The minimum atomic E-state index is -0.0843. The van der Waals surface area contributed by atoms with Gasteiger partial charge in [-0.1, -0.05) is 90.7 Å². The SMILES string of the molecule is CN=C(NC(=O)Cc1ccccc1)SC(C)C1CCC(c2nnc(NC(=O)Cc3ccccc3)s2)C1. The predicted octanol–water partition coefficient (Wildman–Crippen LogP) is 5.07. The van der Waals surface area contributed by atoms with Crippen LogP contribution in [0, 0.1) is 5.92 Å². The summed E-state index contributed by atoms with van der Waals surface area (Å²) in [6.07, 6.45) is 3.79. The molecule has 0 bridgehead atoms. The van der Waals surface area contributed by atoms with Crippen LogP contribution in [0.4, 0.5) is 5.13 Å². The molecule has 3 aromatic rings. The molecule has 36 heavy (non-hydrogen) atoms. The van der Waals surface area contributed by atoms with Gasteiger partial charge in [-0.2, -0.15) is 0 Å². The zero-order chi connectivity index (χ0) is 25.3. The highest BCUT2D eigenvalue weighted by molar-refractivity contribution is 8.14. The molecule has 1 aliphatic rings. The Bertz CT molecular complexity index is 1180. The van der Waals surface area contributed by atoms with Crippen LogP contribution in [0.15, 0.2) is 65.7 Å². The first kappa shape index (κ1) is 26.0. The quantitative estimate of drug-likeness (QED) is 0.319. The zero-order valence-corrected chi connectivity index (χ0v) is 22.1. The second-order valence-corrected chi connectivity index (χ2v) is 11.4. The van der Waals surface area contributed by atoms with Gasteiger partial charge in [-0.3, -0.25) is 14.6 Å². The smallest absolute Gasteiger partial charge is 0.230 e. The first-order chi connectivity index (χ1) is 17.5. The van der Waals surface area contributed by atoms with Gasteiger partial charge in [-0.15, -0.1) is 10.2 Å². The molecule has 2 aromatic carbocycles. The lowest BCUT2D eigenvalue weighted by Gasteiger charge is -2.19. The number of nitrogens with zero attached hydrogens (tertiary/aromatic N) is 3. The lowest BCUT2D eigenvalue weighted by molar-refractivity contribution is -0.119. The molecule has 2 amide bonds. The molecule has 7 nitrogen and oxygen atoms in total. The summed E-state index contributed by atoms with van der Waals surface area (Å²) in [5.74, 6) is 0.688. The Morgan fingerprint density at radius 1 is 1.00 bits per heavy atom. The Hall–Kier alpha value is -3.04. The van der Waals surface area contributed by atoms with E-state index in [0.717, 1.165) is 35.4 Å². The molecule has 0 radical (unpaired) electrons. The van der Waals surface area contributed by atoms with E-state index in [4.69, 9.17) is 0 Å². The molecule has 0 saturated heterocycles. The van der Waals surface area contributed by atoms with E-state index in [2.05, 4.69) is 32.7 Å². The Labute approximate surface area is 220 Å². The average molecular weight is 522 g/mol. The lowest BCUT2D eigenvalue weighted by atomic mass is 10.0. The fourth-order valence-electron chi connectivity index (χ4n) is 4.42. The number of amidine groups is 1. The topological polar surface area (TPSA) is 96.3 Å². The van der Waals surface area contributed by atoms with Crippen LogP contribution in [0.5, 0.6) is 0 Å². The van der Waals surface area contributed by atoms with Gasteiger partial charge in [0, 0.05) is 18.2 Å². The number of aromatic nitrogens is 2. The van der Waals surface area contributed by atoms with Crippen LogP contribution in [0.1, 0.15) is 48.2 Å². The monoisotopic (exact) mass is 521 g/mol. The van der Waals surface area contributed by atoms with E-state index in [-0.39, 0.29) is 11.8 Å². The standard InChI is InChI=1S/C27H31N5O2S2/c1-18(35-26(28-2)29-23(33)15-19-9-5-3-6-10-19)21-13-14-22(17-21)25-31-32-27(36-25)30-24(34)16-20-11-7-4-8-12-20/h3-12,18,21-22H,13-17H2,1-2H3,(H,28,29,33)(H,30,32,34). The Morgan fingerprint density at radius 3 is 2.28 bits per heavy atom. The highest BCUT2D eigenvalue weighted by atomic mass is 32.2. The summed E-state index contributed by atoms with van der Waals surface area (Å²) < 4.78 is 0. The average Bonchev–Trinajstić information content (AvgIpc) is 3.55. The summed E-state index contributed by atoms with van der Waals surface area (Å²) in [5, 5.41) is 16.9. The molecule has 4 rings (SSSR count). The minimum Gasteiger partial charge on any atom is -0.305 e. The summed E-state index contributed by atoms with van der Waals surface area (Å²) in [6.45, 7) is 2.20. The molecular formula is C27H31N5O2S2. The Balaban J connectivity index is 1.25. The number of amides is 2.